The maximum absolute atomic E-state index is 5.67. The van der Waals surface area contributed by atoms with Crippen molar-refractivity contribution in [2.45, 2.75) is 57.7 Å². The molecular formula is C12H20O. The lowest BCUT2D eigenvalue weighted by Crippen LogP contribution is -2.02. The molecule has 2 fully saturated rings. The molecule has 1 spiro atoms. The van der Waals surface area contributed by atoms with Crippen molar-refractivity contribution in [3.05, 3.63) is 12.2 Å². The third kappa shape index (κ3) is 2.14. The molecule has 0 bridgehead atoms. The summed E-state index contributed by atoms with van der Waals surface area (Å²) < 4.78 is 5.67. The minimum absolute atomic E-state index is 0.425. The van der Waals surface area contributed by atoms with Gasteiger partial charge in [-0.2, -0.15) is 0 Å². The fourth-order valence-corrected chi connectivity index (χ4v) is 2.11. The number of hydrogen-bond acceptors (Lipinski definition) is 1. The normalized spacial score (nSPS) is 31.1. The van der Waals surface area contributed by atoms with Gasteiger partial charge in [0.05, 0.1) is 11.7 Å². The molecule has 0 amide bonds. The minimum Gasteiger partial charge on any atom is -0.366 e. The molecule has 1 aliphatic carbocycles. The van der Waals surface area contributed by atoms with Gasteiger partial charge in [0.1, 0.15) is 0 Å². The molecule has 2 rings (SSSR count). The van der Waals surface area contributed by atoms with Crippen molar-refractivity contribution < 1.29 is 4.74 Å². The minimum atomic E-state index is 0.425. The van der Waals surface area contributed by atoms with Crippen LogP contribution in [0, 0.1) is 5.92 Å². The summed E-state index contributed by atoms with van der Waals surface area (Å²) in [6, 6.07) is 0. The molecule has 0 aromatic rings. The zero-order chi connectivity index (χ0) is 9.31. The highest BCUT2D eigenvalue weighted by Gasteiger charge is 2.65. The summed E-state index contributed by atoms with van der Waals surface area (Å²) in [4.78, 5) is 0. The van der Waals surface area contributed by atoms with E-state index in [-0.39, 0.29) is 0 Å². The average Bonchev–Trinajstić information content (AvgIpc) is 2.96. The van der Waals surface area contributed by atoms with E-state index < -0.39 is 0 Å². The Kier molecular flexibility index (Phi) is 2.46. The predicted octanol–water partition coefficient (Wildman–Crippen LogP) is 3.30. The quantitative estimate of drug-likeness (QED) is 0.467. The van der Waals surface area contributed by atoms with Crippen LogP contribution in [0.3, 0.4) is 0 Å². The first-order valence-corrected chi connectivity index (χ1v) is 5.56. The van der Waals surface area contributed by atoms with Gasteiger partial charge in [-0.3, -0.25) is 0 Å². The van der Waals surface area contributed by atoms with Crippen molar-refractivity contribution in [3.8, 4) is 0 Å². The Morgan fingerprint density at radius 2 is 2.31 bits per heavy atom. The molecule has 13 heavy (non-hydrogen) atoms. The van der Waals surface area contributed by atoms with Crippen molar-refractivity contribution in [2.75, 3.05) is 0 Å². The van der Waals surface area contributed by atoms with E-state index in [9.17, 15) is 0 Å². The molecule has 1 saturated carbocycles. The van der Waals surface area contributed by atoms with E-state index in [0.29, 0.717) is 11.7 Å². The van der Waals surface area contributed by atoms with Crippen molar-refractivity contribution in [2.24, 2.45) is 5.92 Å². The van der Waals surface area contributed by atoms with Crippen molar-refractivity contribution in [1.82, 2.24) is 0 Å². The maximum Gasteiger partial charge on any atom is 0.0950 e. The Labute approximate surface area is 81.2 Å². The molecule has 0 aromatic heterocycles. The summed E-state index contributed by atoms with van der Waals surface area (Å²) in [5.41, 5.74) is 0.425. The van der Waals surface area contributed by atoms with Crippen LogP contribution in [0.15, 0.2) is 12.2 Å². The highest BCUT2D eigenvalue weighted by atomic mass is 16.6. The molecular weight excluding hydrogens is 160 g/mol. The Balaban J connectivity index is 1.59. The first-order chi connectivity index (χ1) is 6.27. The molecule has 74 valence electrons. The summed E-state index contributed by atoms with van der Waals surface area (Å²) in [5.74, 6) is 0.834. The van der Waals surface area contributed by atoms with Crippen molar-refractivity contribution in [1.29, 1.82) is 0 Å². The van der Waals surface area contributed by atoms with E-state index in [1.54, 1.807) is 0 Å². The van der Waals surface area contributed by atoms with Gasteiger partial charge < -0.3 is 4.74 Å². The molecule has 1 heterocycles. The molecule has 2 atom stereocenters. The highest BCUT2D eigenvalue weighted by molar-refractivity contribution is 5.14. The number of ether oxygens (including phenoxy) is 1. The summed E-state index contributed by atoms with van der Waals surface area (Å²) in [7, 11) is 0. The molecule has 2 unspecified atom stereocenters. The lowest BCUT2D eigenvalue weighted by Gasteiger charge is -2.06. The highest BCUT2D eigenvalue weighted by Crippen LogP contribution is 2.59. The molecule has 1 nitrogen and oxygen atoms in total. The van der Waals surface area contributed by atoms with Gasteiger partial charge in [-0.05, 0) is 44.9 Å². The fraction of sp³-hybridized carbons (Fsp3) is 0.833. The maximum atomic E-state index is 5.67. The zero-order valence-electron chi connectivity index (χ0n) is 8.75. The summed E-state index contributed by atoms with van der Waals surface area (Å²) >= 11 is 0. The molecule has 1 saturated heterocycles. The summed E-state index contributed by atoms with van der Waals surface area (Å²) in [6.45, 7) is 4.44. The van der Waals surface area contributed by atoms with Crippen LogP contribution in [-0.4, -0.2) is 11.7 Å². The van der Waals surface area contributed by atoms with Crippen LogP contribution in [0.25, 0.3) is 0 Å². The van der Waals surface area contributed by atoms with Crippen LogP contribution in [0.5, 0.6) is 0 Å². The van der Waals surface area contributed by atoms with Gasteiger partial charge in [0.25, 0.3) is 0 Å². The smallest absolute Gasteiger partial charge is 0.0950 e. The van der Waals surface area contributed by atoms with E-state index in [1.807, 2.05) is 0 Å². The lowest BCUT2D eigenvalue weighted by atomic mass is 9.98. The SMILES string of the molecule is C/C=C/CCC(C)CC1OC12CC2. The fourth-order valence-electron chi connectivity index (χ4n) is 2.11. The second kappa shape index (κ2) is 3.45. The van der Waals surface area contributed by atoms with Crippen LogP contribution < -0.4 is 0 Å². The van der Waals surface area contributed by atoms with Gasteiger partial charge in [-0.15, -0.1) is 0 Å². The Bertz CT molecular complexity index is 203. The molecule has 0 radical (unpaired) electrons. The Morgan fingerprint density at radius 3 is 2.85 bits per heavy atom. The van der Waals surface area contributed by atoms with E-state index in [2.05, 4.69) is 26.0 Å². The van der Waals surface area contributed by atoms with Crippen molar-refractivity contribution >= 4 is 0 Å². The van der Waals surface area contributed by atoms with Crippen LogP contribution >= 0.6 is 0 Å². The van der Waals surface area contributed by atoms with Crippen LogP contribution in [0.4, 0.5) is 0 Å². The molecule has 0 aromatic carbocycles. The van der Waals surface area contributed by atoms with E-state index >= 15 is 0 Å². The topological polar surface area (TPSA) is 12.5 Å². The second-order valence-electron chi connectivity index (χ2n) is 4.66. The van der Waals surface area contributed by atoms with Crippen LogP contribution in [-0.2, 0) is 4.74 Å². The van der Waals surface area contributed by atoms with Crippen LogP contribution in [0.1, 0.15) is 46.0 Å². The van der Waals surface area contributed by atoms with Gasteiger partial charge in [0.2, 0.25) is 0 Å². The van der Waals surface area contributed by atoms with Gasteiger partial charge >= 0.3 is 0 Å². The third-order valence-corrected chi connectivity index (χ3v) is 3.33. The standard InChI is InChI=1S/C12H20O/c1-3-4-5-6-10(2)9-11-12(13-11)7-8-12/h3-4,10-11H,5-9H2,1-2H3/b4-3+. The van der Waals surface area contributed by atoms with Gasteiger partial charge in [-0.1, -0.05) is 19.1 Å². The first kappa shape index (κ1) is 9.26. The van der Waals surface area contributed by atoms with E-state index in [1.165, 1.54) is 32.1 Å². The van der Waals surface area contributed by atoms with Gasteiger partial charge in [-0.25, -0.2) is 0 Å². The number of allylic oxidation sites excluding steroid dienone is 2. The summed E-state index contributed by atoms with van der Waals surface area (Å²) in [5, 5.41) is 0. The van der Waals surface area contributed by atoms with Gasteiger partial charge in [0, 0.05) is 0 Å². The van der Waals surface area contributed by atoms with Gasteiger partial charge in [0.15, 0.2) is 0 Å². The second-order valence-corrected chi connectivity index (χ2v) is 4.66. The monoisotopic (exact) mass is 180 g/mol. The van der Waals surface area contributed by atoms with Crippen molar-refractivity contribution in [3.63, 3.8) is 0 Å². The predicted molar refractivity (Wildman–Crippen MR) is 54.7 cm³/mol. The average molecular weight is 180 g/mol. The molecule has 0 N–H and O–H groups in total. The Hall–Kier alpha value is -0.300. The zero-order valence-corrected chi connectivity index (χ0v) is 8.75. The number of rotatable bonds is 5. The van der Waals surface area contributed by atoms with E-state index in [0.717, 1.165) is 5.92 Å². The first-order valence-electron chi connectivity index (χ1n) is 5.56. The number of hydrogen-bond donors (Lipinski definition) is 0. The molecule has 1 aliphatic heterocycles. The Morgan fingerprint density at radius 1 is 1.54 bits per heavy atom. The molecule has 2 aliphatic rings. The molecule has 1 heteroatoms. The lowest BCUT2D eigenvalue weighted by molar-refractivity contribution is 0.332. The third-order valence-electron chi connectivity index (χ3n) is 3.33. The summed E-state index contributed by atoms with van der Waals surface area (Å²) in [6.07, 6.45) is 11.5. The number of epoxide rings is 1. The van der Waals surface area contributed by atoms with E-state index in [4.69, 9.17) is 4.74 Å². The largest absolute Gasteiger partial charge is 0.366 e. The van der Waals surface area contributed by atoms with Crippen LogP contribution in [0.2, 0.25) is 0 Å².